The Morgan fingerprint density at radius 2 is 1.93 bits per heavy atom. The molecule has 1 saturated carbocycles. The topological polar surface area (TPSA) is 50.2 Å². The summed E-state index contributed by atoms with van der Waals surface area (Å²) in [5, 5.41) is 8.14. The van der Waals surface area contributed by atoms with Crippen molar-refractivity contribution in [3.8, 4) is 0 Å². The van der Waals surface area contributed by atoms with Gasteiger partial charge in [-0.1, -0.05) is 37.3 Å². The van der Waals surface area contributed by atoms with Crippen LogP contribution in [-0.2, 0) is 17.3 Å². The number of likely N-dealkylation sites (tertiary alicyclic amines) is 1. The molecule has 0 bridgehead atoms. The molecule has 5 nitrogen and oxygen atoms in total. The Morgan fingerprint density at radius 1 is 1.22 bits per heavy atom. The zero-order chi connectivity index (χ0) is 19.2. The predicted molar refractivity (Wildman–Crippen MR) is 106 cm³/mol. The van der Waals surface area contributed by atoms with E-state index in [0.29, 0.717) is 18.4 Å². The van der Waals surface area contributed by atoms with Crippen molar-refractivity contribution in [2.24, 2.45) is 13.0 Å². The molecule has 2 aromatic rings. The first-order valence-corrected chi connectivity index (χ1v) is 9.92. The van der Waals surface area contributed by atoms with Gasteiger partial charge in [0, 0.05) is 50.3 Å². The first kappa shape index (κ1) is 18.2. The molecule has 0 spiro atoms. The lowest BCUT2D eigenvalue weighted by molar-refractivity contribution is -0.127. The highest BCUT2D eigenvalue weighted by Gasteiger charge is 2.43. The highest BCUT2D eigenvalue weighted by Crippen LogP contribution is 2.44. The number of aromatic nitrogens is 2. The fourth-order valence-electron chi connectivity index (χ4n) is 4.97. The lowest BCUT2D eigenvalue weighted by Gasteiger charge is -2.46. The van der Waals surface area contributed by atoms with Crippen LogP contribution in [0.15, 0.2) is 36.5 Å². The summed E-state index contributed by atoms with van der Waals surface area (Å²) in [5.74, 6) is 0.534. The van der Waals surface area contributed by atoms with Crippen molar-refractivity contribution >= 4 is 5.91 Å². The van der Waals surface area contributed by atoms with Gasteiger partial charge < -0.3 is 10.2 Å². The number of benzene rings is 1. The summed E-state index contributed by atoms with van der Waals surface area (Å²) < 4.78 is 1.90. The van der Waals surface area contributed by atoms with E-state index in [9.17, 15) is 4.79 Å². The highest BCUT2D eigenvalue weighted by atomic mass is 16.2. The molecular formula is C22H30N4O. The van der Waals surface area contributed by atoms with E-state index in [1.165, 1.54) is 11.1 Å². The molecule has 5 heteroatoms. The van der Waals surface area contributed by atoms with Crippen molar-refractivity contribution in [1.29, 1.82) is 0 Å². The summed E-state index contributed by atoms with van der Waals surface area (Å²) in [6, 6.07) is 11.5. The molecule has 4 rings (SSSR count). The van der Waals surface area contributed by atoms with Crippen LogP contribution < -0.4 is 5.32 Å². The zero-order valence-corrected chi connectivity index (χ0v) is 16.8. The summed E-state index contributed by atoms with van der Waals surface area (Å²) in [5.41, 5.74) is 4.04. The zero-order valence-electron chi connectivity index (χ0n) is 16.8. The van der Waals surface area contributed by atoms with Gasteiger partial charge in [0.25, 0.3) is 0 Å². The van der Waals surface area contributed by atoms with E-state index < -0.39 is 0 Å². The molecule has 144 valence electrons. The molecule has 2 aliphatic rings. The number of nitrogens with zero attached hydrogens (tertiary/aromatic N) is 3. The predicted octanol–water partition coefficient (Wildman–Crippen LogP) is 2.96. The Morgan fingerprint density at radius 3 is 2.56 bits per heavy atom. The van der Waals surface area contributed by atoms with Crippen LogP contribution in [0, 0.1) is 12.8 Å². The van der Waals surface area contributed by atoms with E-state index in [0.717, 1.165) is 25.1 Å². The van der Waals surface area contributed by atoms with Crippen LogP contribution in [-0.4, -0.2) is 40.2 Å². The van der Waals surface area contributed by atoms with Crippen LogP contribution in [0.3, 0.4) is 0 Å². The van der Waals surface area contributed by atoms with Crippen LogP contribution in [0.2, 0.25) is 0 Å². The van der Waals surface area contributed by atoms with Gasteiger partial charge in [-0.2, -0.15) is 5.10 Å². The first-order valence-electron chi connectivity index (χ1n) is 9.92. The van der Waals surface area contributed by atoms with Crippen molar-refractivity contribution < 1.29 is 4.79 Å². The van der Waals surface area contributed by atoms with Crippen molar-refractivity contribution in [2.45, 2.75) is 50.6 Å². The summed E-state index contributed by atoms with van der Waals surface area (Å²) in [6.45, 7) is 5.32. The van der Waals surface area contributed by atoms with Crippen LogP contribution in [0.1, 0.15) is 49.0 Å². The molecule has 1 amide bonds. The van der Waals surface area contributed by atoms with Crippen LogP contribution >= 0.6 is 0 Å². The normalized spacial score (nSPS) is 30.6. The van der Waals surface area contributed by atoms with Gasteiger partial charge in [0.05, 0.1) is 12.2 Å². The highest BCUT2D eigenvalue weighted by molar-refractivity contribution is 5.79. The number of hydrogen-bond donors (Lipinski definition) is 1. The van der Waals surface area contributed by atoms with Gasteiger partial charge in [-0.15, -0.1) is 0 Å². The third-order valence-electron chi connectivity index (χ3n) is 6.82. The second-order valence-electron chi connectivity index (χ2n) is 8.66. The van der Waals surface area contributed by atoms with E-state index in [2.05, 4.69) is 54.6 Å². The van der Waals surface area contributed by atoms with Crippen LogP contribution in [0.25, 0.3) is 0 Å². The largest absolute Gasteiger partial charge is 0.338 e. The molecule has 1 aliphatic heterocycles. The van der Waals surface area contributed by atoms with Crippen molar-refractivity contribution in [3.05, 3.63) is 53.3 Å². The smallest absolute Gasteiger partial charge is 0.223 e. The number of carbonyl (C=O) groups is 1. The molecule has 2 fully saturated rings. The summed E-state index contributed by atoms with van der Waals surface area (Å²) in [4.78, 5) is 14.3. The summed E-state index contributed by atoms with van der Waals surface area (Å²) in [7, 11) is 3.89. The number of hydrogen-bond acceptors (Lipinski definition) is 3. The number of nitrogens with one attached hydrogen (secondary N) is 1. The van der Waals surface area contributed by atoms with Crippen molar-refractivity contribution in [1.82, 2.24) is 20.0 Å². The Labute approximate surface area is 161 Å². The Bertz CT molecular complexity index is 822. The Kier molecular flexibility index (Phi) is 4.58. The molecule has 2 atom stereocenters. The maximum Gasteiger partial charge on any atom is 0.223 e. The van der Waals surface area contributed by atoms with Gasteiger partial charge in [-0.3, -0.25) is 9.48 Å². The molecule has 27 heavy (non-hydrogen) atoms. The van der Waals surface area contributed by atoms with Gasteiger partial charge in [0.1, 0.15) is 0 Å². The third-order valence-corrected chi connectivity index (χ3v) is 6.82. The second-order valence-corrected chi connectivity index (χ2v) is 8.66. The minimum Gasteiger partial charge on any atom is -0.338 e. The maximum absolute atomic E-state index is 12.4. The maximum atomic E-state index is 12.4. The molecule has 1 saturated heterocycles. The van der Waals surface area contributed by atoms with Crippen molar-refractivity contribution in [3.63, 3.8) is 0 Å². The van der Waals surface area contributed by atoms with E-state index >= 15 is 0 Å². The summed E-state index contributed by atoms with van der Waals surface area (Å²) >= 11 is 0. The molecule has 0 radical (unpaired) electrons. The molecule has 1 N–H and O–H groups in total. The standard InChI is InChI=1S/C22H30N4O/c1-15-19(14-24-26(15)4)21-16(10-20(27)25(21)3)13-23-18-11-22(2,12-18)17-8-6-5-7-9-17/h5-9,14,16,18,21,23H,10-13H2,1-4H3/t16-,18?,21+,22?/m0/s1. The molecular weight excluding hydrogens is 336 g/mol. The summed E-state index contributed by atoms with van der Waals surface area (Å²) in [6.07, 6.45) is 4.86. The number of rotatable bonds is 5. The van der Waals surface area contributed by atoms with E-state index in [4.69, 9.17) is 0 Å². The minimum atomic E-state index is 0.124. The lowest BCUT2D eigenvalue weighted by Crippen LogP contribution is -2.51. The molecule has 1 aromatic carbocycles. The van der Waals surface area contributed by atoms with Crippen LogP contribution in [0.5, 0.6) is 0 Å². The quantitative estimate of drug-likeness (QED) is 0.885. The average Bonchev–Trinajstić information content (AvgIpc) is 3.11. The fraction of sp³-hybridized carbons (Fsp3) is 0.545. The molecule has 2 heterocycles. The fourth-order valence-corrected chi connectivity index (χ4v) is 4.97. The van der Waals surface area contributed by atoms with Crippen LogP contribution in [0.4, 0.5) is 0 Å². The average molecular weight is 367 g/mol. The first-order chi connectivity index (χ1) is 12.9. The van der Waals surface area contributed by atoms with E-state index in [1.54, 1.807) is 0 Å². The SMILES string of the molecule is Cc1c([C@H]2[C@H](CNC3CC(C)(c4ccccc4)C3)CC(=O)N2C)cnn1C. The monoisotopic (exact) mass is 366 g/mol. The second kappa shape index (κ2) is 6.79. The van der Waals surface area contributed by atoms with E-state index in [-0.39, 0.29) is 17.4 Å². The van der Waals surface area contributed by atoms with Gasteiger partial charge >= 0.3 is 0 Å². The number of amides is 1. The lowest BCUT2D eigenvalue weighted by atomic mass is 9.63. The minimum absolute atomic E-state index is 0.124. The number of carbonyl (C=O) groups excluding carboxylic acids is 1. The Balaban J connectivity index is 1.39. The van der Waals surface area contributed by atoms with Gasteiger partial charge in [-0.25, -0.2) is 0 Å². The van der Waals surface area contributed by atoms with Gasteiger partial charge in [-0.05, 0) is 30.7 Å². The molecule has 1 aromatic heterocycles. The molecule has 0 unspecified atom stereocenters. The number of aryl methyl sites for hydroxylation is 1. The van der Waals surface area contributed by atoms with Gasteiger partial charge in [0.2, 0.25) is 5.91 Å². The van der Waals surface area contributed by atoms with Crippen molar-refractivity contribution in [2.75, 3.05) is 13.6 Å². The third kappa shape index (κ3) is 3.18. The van der Waals surface area contributed by atoms with E-state index in [1.807, 2.05) is 29.9 Å². The Hall–Kier alpha value is -2.14. The van der Waals surface area contributed by atoms with Gasteiger partial charge in [0.15, 0.2) is 0 Å². The molecule has 1 aliphatic carbocycles.